The van der Waals surface area contributed by atoms with Crippen LogP contribution in [0.15, 0.2) is 64.6 Å². The van der Waals surface area contributed by atoms with Crippen LogP contribution in [-0.4, -0.2) is 11.9 Å². The molecule has 5 nitrogen and oxygen atoms in total. The molecule has 24 heavy (non-hydrogen) atoms. The second kappa shape index (κ2) is 7.61. The molecule has 3 aromatic rings. The highest BCUT2D eigenvalue weighted by Gasteiger charge is 2.09. The Balaban J connectivity index is 1.50. The first-order valence-corrected chi connectivity index (χ1v) is 8.26. The fourth-order valence-electron chi connectivity index (χ4n) is 2.07. The third kappa shape index (κ3) is 4.33. The van der Waals surface area contributed by atoms with Gasteiger partial charge in [-0.1, -0.05) is 6.07 Å². The number of amides is 1. The zero-order chi connectivity index (χ0) is 16.8. The highest BCUT2D eigenvalue weighted by molar-refractivity contribution is 7.12. The van der Waals surface area contributed by atoms with Gasteiger partial charge in [0.25, 0.3) is 5.91 Å². The van der Waals surface area contributed by atoms with Crippen molar-refractivity contribution in [2.75, 3.05) is 5.32 Å². The average Bonchev–Trinajstić information content (AvgIpc) is 3.28. The summed E-state index contributed by atoms with van der Waals surface area (Å²) in [6.45, 7) is 0. The summed E-state index contributed by atoms with van der Waals surface area (Å²) in [6.07, 6.45) is 2.31. The number of carbonyl (C=O) groups is 2. The smallest absolute Gasteiger partial charge is 0.311 e. The van der Waals surface area contributed by atoms with E-state index in [1.807, 2.05) is 17.5 Å². The van der Waals surface area contributed by atoms with Crippen molar-refractivity contribution < 1.29 is 18.7 Å². The quantitative estimate of drug-likeness (QED) is 0.541. The number of rotatable bonds is 6. The molecule has 6 heteroatoms. The minimum Gasteiger partial charge on any atom is -0.469 e. The minimum absolute atomic E-state index is 0.159. The van der Waals surface area contributed by atoms with Gasteiger partial charge in [0.1, 0.15) is 11.5 Å². The van der Waals surface area contributed by atoms with Crippen LogP contribution in [0.5, 0.6) is 5.75 Å². The van der Waals surface area contributed by atoms with Crippen molar-refractivity contribution in [3.8, 4) is 5.75 Å². The van der Waals surface area contributed by atoms with Crippen LogP contribution in [0.4, 0.5) is 5.69 Å². The lowest BCUT2D eigenvalue weighted by Crippen LogP contribution is -2.11. The molecule has 0 saturated carbocycles. The molecule has 0 aliphatic carbocycles. The Hall–Kier alpha value is -2.86. The van der Waals surface area contributed by atoms with Crippen LogP contribution in [0.25, 0.3) is 0 Å². The van der Waals surface area contributed by atoms with Crippen molar-refractivity contribution >= 4 is 28.9 Å². The van der Waals surface area contributed by atoms with Crippen molar-refractivity contribution in [1.29, 1.82) is 0 Å². The molecule has 0 bridgehead atoms. The van der Waals surface area contributed by atoms with Crippen molar-refractivity contribution in [2.24, 2.45) is 0 Å². The van der Waals surface area contributed by atoms with Crippen molar-refractivity contribution in [1.82, 2.24) is 0 Å². The van der Waals surface area contributed by atoms with Crippen molar-refractivity contribution in [2.45, 2.75) is 12.8 Å². The summed E-state index contributed by atoms with van der Waals surface area (Å²) in [5.74, 6) is 0.696. The molecule has 2 aromatic heterocycles. The van der Waals surface area contributed by atoms with Crippen LogP contribution < -0.4 is 10.1 Å². The van der Waals surface area contributed by atoms with Gasteiger partial charge in [-0.25, -0.2) is 0 Å². The fourth-order valence-corrected chi connectivity index (χ4v) is 2.69. The number of hydrogen-bond donors (Lipinski definition) is 1. The fraction of sp³-hybridized carbons (Fsp3) is 0.111. The number of esters is 1. The number of aryl methyl sites for hydroxylation is 1. The molecule has 0 radical (unpaired) electrons. The molecule has 0 saturated heterocycles. The van der Waals surface area contributed by atoms with E-state index in [1.165, 1.54) is 11.3 Å². The third-order valence-corrected chi connectivity index (χ3v) is 4.11. The van der Waals surface area contributed by atoms with Crippen LogP contribution in [0.3, 0.4) is 0 Å². The molecule has 1 aromatic carbocycles. The Morgan fingerprint density at radius 3 is 2.58 bits per heavy atom. The molecule has 1 N–H and O–H groups in total. The largest absolute Gasteiger partial charge is 0.469 e. The molecule has 0 spiro atoms. The molecule has 2 heterocycles. The summed E-state index contributed by atoms with van der Waals surface area (Å²) in [7, 11) is 0. The highest BCUT2D eigenvalue weighted by Crippen LogP contribution is 2.18. The Kier molecular flexibility index (Phi) is 5.08. The van der Waals surface area contributed by atoms with E-state index >= 15 is 0 Å². The Morgan fingerprint density at radius 2 is 1.92 bits per heavy atom. The first-order chi connectivity index (χ1) is 11.7. The molecule has 0 aliphatic rings. The van der Waals surface area contributed by atoms with Gasteiger partial charge in [-0.3, -0.25) is 9.59 Å². The van der Waals surface area contributed by atoms with Gasteiger partial charge in [-0.05, 0) is 47.8 Å². The monoisotopic (exact) mass is 341 g/mol. The van der Waals surface area contributed by atoms with Crippen LogP contribution in [0, 0.1) is 0 Å². The van der Waals surface area contributed by atoms with Gasteiger partial charge in [0.05, 0.1) is 17.6 Å². The van der Waals surface area contributed by atoms with Gasteiger partial charge in [0.2, 0.25) is 0 Å². The number of hydrogen-bond acceptors (Lipinski definition) is 5. The summed E-state index contributed by atoms with van der Waals surface area (Å²) in [5.41, 5.74) is 0.642. The number of furan rings is 1. The van der Waals surface area contributed by atoms with Crippen LogP contribution in [0.2, 0.25) is 0 Å². The molecule has 1 amide bonds. The SMILES string of the molecule is O=C(CCc1ccco1)Oc1ccc(NC(=O)c2cccs2)cc1. The molecular weight excluding hydrogens is 326 g/mol. The first-order valence-electron chi connectivity index (χ1n) is 7.39. The highest BCUT2D eigenvalue weighted by atomic mass is 32.1. The van der Waals surface area contributed by atoms with Crippen LogP contribution >= 0.6 is 11.3 Å². The predicted molar refractivity (Wildman–Crippen MR) is 91.4 cm³/mol. The van der Waals surface area contributed by atoms with Crippen LogP contribution in [-0.2, 0) is 11.2 Å². The Bertz CT molecular complexity index is 792. The summed E-state index contributed by atoms with van der Waals surface area (Å²) < 4.78 is 10.4. The second-order valence-corrected chi connectivity index (χ2v) is 5.96. The Morgan fingerprint density at radius 1 is 1.08 bits per heavy atom. The zero-order valence-electron chi connectivity index (χ0n) is 12.7. The maximum Gasteiger partial charge on any atom is 0.311 e. The molecule has 0 unspecified atom stereocenters. The molecule has 122 valence electrons. The van der Waals surface area contributed by atoms with E-state index in [9.17, 15) is 9.59 Å². The third-order valence-electron chi connectivity index (χ3n) is 3.24. The Labute approximate surface area is 142 Å². The maximum atomic E-state index is 11.9. The van der Waals surface area contributed by atoms with E-state index < -0.39 is 0 Å². The first kappa shape index (κ1) is 16.0. The van der Waals surface area contributed by atoms with Crippen molar-refractivity contribution in [3.05, 3.63) is 70.8 Å². The number of thiophene rings is 1. The number of ether oxygens (including phenoxy) is 1. The van der Waals surface area contributed by atoms with Gasteiger partial charge in [0.15, 0.2) is 0 Å². The topological polar surface area (TPSA) is 68.5 Å². The summed E-state index contributed by atoms with van der Waals surface area (Å²) >= 11 is 1.38. The maximum absolute atomic E-state index is 11.9. The van der Waals surface area contributed by atoms with Gasteiger partial charge in [0, 0.05) is 12.1 Å². The predicted octanol–water partition coefficient (Wildman–Crippen LogP) is 4.13. The van der Waals surface area contributed by atoms with Gasteiger partial charge in [-0.15, -0.1) is 11.3 Å². The lowest BCUT2D eigenvalue weighted by Gasteiger charge is -2.06. The van der Waals surface area contributed by atoms with Crippen molar-refractivity contribution in [3.63, 3.8) is 0 Å². The van der Waals surface area contributed by atoms with E-state index in [0.717, 1.165) is 5.76 Å². The summed E-state index contributed by atoms with van der Waals surface area (Å²) in [6, 6.07) is 13.9. The van der Waals surface area contributed by atoms with Gasteiger partial charge < -0.3 is 14.5 Å². The lowest BCUT2D eigenvalue weighted by molar-refractivity contribution is -0.134. The molecule has 0 aliphatic heterocycles. The minimum atomic E-state index is -0.332. The lowest BCUT2D eigenvalue weighted by atomic mass is 10.2. The molecule has 0 atom stereocenters. The molecule has 0 fully saturated rings. The number of benzene rings is 1. The van der Waals surface area contributed by atoms with E-state index in [1.54, 1.807) is 42.7 Å². The number of anilines is 1. The normalized spacial score (nSPS) is 10.3. The molecule has 3 rings (SSSR count). The standard InChI is InChI=1S/C18H15NO4S/c20-17(10-9-14-3-1-11-22-14)23-15-7-5-13(6-8-15)19-18(21)16-4-2-12-24-16/h1-8,11-12H,9-10H2,(H,19,21). The second-order valence-electron chi connectivity index (χ2n) is 5.01. The van der Waals surface area contributed by atoms with E-state index in [-0.39, 0.29) is 18.3 Å². The van der Waals surface area contributed by atoms with E-state index in [4.69, 9.17) is 9.15 Å². The van der Waals surface area contributed by atoms with Gasteiger partial charge in [-0.2, -0.15) is 0 Å². The number of carbonyl (C=O) groups excluding carboxylic acids is 2. The molecular formula is C18H15NO4S. The van der Waals surface area contributed by atoms with Crippen LogP contribution in [0.1, 0.15) is 21.9 Å². The average molecular weight is 341 g/mol. The van der Waals surface area contributed by atoms with E-state index in [0.29, 0.717) is 22.7 Å². The summed E-state index contributed by atoms with van der Waals surface area (Å²) in [4.78, 5) is 24.4. The van der Waals surface area contributed by atoms with Gasteiger partial charge >= 0.3 is 5.97 Å². The number of nitrogens with one attached hydrogen (secondary N) is 1. The summed E-state index contributed by atoms with van der Waals surface area (Å²) in [5, 5.41) is 4.63. The van der Waals surface area contributed by atoms with E-state index in [2.05, 4.69) is 5.32 Å². The zero-order valence-corrected chi connectivity index (χ0v) is 13.5.